The van der Waals surface area contributed by atoms with Crippen molar-refractivity contribution in [3.05, 3.63) is 71.0 Å². The van der Waals surface area contributed by atoms with Gasteiger partial charge in [-0.05, 0) is 55.7 Å². The van der Waals surface area contributed by atoms with Gasteiger partial charge in [0.15, 0.2) is 27.3 Å². The van der Waals surface area contributed by atoms with Gasteiger partial charge >= 0.3 is 0 Å². The van der Waals surface area contributed by atoms with E-state index in [0.717, 1.165) is 6.07 Å². The van der Waals surface area contributed by atoms with Crippen LogP contribution in [0.3, 0.4) is 0 Å². The highest BCUT2D eigenvalue weighted by atomic mass is 35.5. The van der Waals surface area contributed by atoms with Crippen LogP contribution in [0.5, 0.6) is 0 Å². The van der Waals surface area contributed by atoms with E-state index >= 15 is 0 Å². The molecule has 4 atom stereocenters. The number of carbonyl (C=O) groups is 1. The summed E-state index contributed by atoms with van der Waals surface area (Å²) in [5.41, 5.74) is -1.58. The summed E-state index contributed by atoms with van der Waals surface area (Å²) < 4.78 is 73.1. The van der Waals surface area contributed by atoms with Crippen LogP contribution in [0.4, 0.5) is 18.9 Å². The topological polar surface area (TPSA) is 92.7 Å². The van der Waals surface area contributed by atoms with Gasteiger partial charge in [0, 0.05) is 23.4 Å². The molecule has 2 aromatic rings. The number of benzene rings is 2. The SMILES string of the molecule is C=CCOC[C@]1(O)CC2CC[C@@H](C1)C2S(=O)(=O)c1cc(C(=O)Nc2cc(F)c(F)c(F)c2)ccc1Cl. The molecule has 36 heavy (non-hydrogen) atoms. The van der Waals surface area contributed by atoms with Gasteiger partial charge in [0.25, 0.3) is 5.91 Å². The van der Waals surface area contributed by atoms with E-state index in [9.17, 15) is 31.5 Å². The van der Waals surface area contributed by atoms with E-state index in [1.54, 1.807) is 6.08 Å². The molecule has 11 heteroatoms. The maximum absolute atomic E-state index is 13.7. The fourth-order valence-electron chi connectivity index (χ4n) is 5.43. The average Bonchev–Trinajstić information content (AvgIpc) is 3.11. The van der Waals surface area contributed by atoms with Crippen molar-refractivity contribution in [2.24, 2.45) is 11.8 Å². The molecule has 2 saturated carbocycles. The molecule has 0 aliphatic heterocycles. The largest absolute Gasteiger partial charge is 0.387 e. The van der Waals surface area contributed by atoms with Crippen LogP contribution in [0.1, 0.15) is 36.0 Å². The Morgan fingerprint density at radius 3 is 2.36 bits per heavy atom. The Kier molecular flexibility index (Phi) is 7.52. The summed E-state index contributed by atoms with van der Waals surface area (Å²) in [7, 11) is -4.00. The summed E-state index contributed by atoms with van der Waals surface area (Å²) >= 11 is 6.25. The molecular weight excluding hydrogens is 519 g/mol. The molecule has 2 bridgehead atoms. The second kappa shape index (κ2) is 10.2. The fraction of sp³-hybridized carbons (Fsp3) is 0.400. The molecule has 6 nitrogen and oxygen atoms in total. The minimum absolute atomic E-state index is 0.0695. The number of sulfone groups is 1. The zero-order valence-electron chi connectivity index (χ0n) is 19.1. The molecule has 2 unspecified atom stereocenters. The highest BCUT2D eigenvalue weighted by Crippen LogP contribution is 2.51. The summed E-state index contributed by atoms with van der Waals surface area (Å²) in [5.74, 6) is -6.11. The first kappa shape index (κ1) is 26.7. The van der Waals surface area contributed by atoms with Crippen molar-refractivity contribution in [3.8, 4) is 0 Å². The van der Waals surface area contributed by atoms with Crippen LogP contribution in [0.2, 0.25) is 5.02 Å². The van der Waals surface area contributed by atoms with Crippen LogP contribution in [0.15, 0.2) is 47.9 Å². The Bertz CT molecular complexity index is 1270. The number of fused-ring (bicyclic) bond motifs is 2. The summed E-state index contributed by atoms with van der Waals surface area (Å²) in [5, 5.41) is 12.4. The predicted octanol–water partition coefficient (Wildman–Crippen LogP) is 4.91. The molecule has 0 aromatic heterocycles. The lowest BCUT2D eigenvalue weighted by atomic mass is 9.77. The molecule has 2 aliphatic rings. The highest BCUT2D eigenvalue weighted by molar-refractivity contribution is 7.92. The van der Waals surface area contributed by atoms with Gasteiger partial charge in [0.1, 0.15) is 0 Å². The molecule has 2 aromatic carbocycles. The van der Waals surface area contributed by atoms with E-state index in [4.69, 9.17) is 16.3 Å². The Balaban J connectivity index is 1.57. The lowest BCUT2D eigenvalue weighted by Gasteiger charge is -2.40. The van der Waals surface area contributed by atoms with Crippen molar-refractivity contribution >= 4 is 33.0 Å². The number of anilines is 1. The zero-order chi connectivity index (χ0) is 26.3. The Hall–Kier alpha value is -2.40. The number of aliphatic hydroxyl groups is 1. The maximum atomic E-state index is 13.7. The van der Waals surface area contributed by atoms with Gasteiger partial charge in [-0.25, -0.2) is 21.6 Å². The zero-order valence-corrected chi connectivity index (χ0v) is 20.7. The summed E-state index contributed by atoms with van der Waals surface area (Å²) in [6, 6.07) is 4.89. The van der Waals surface area contributed by atoms with E-state index in [-0.39, 0.29) is 59.1 Å². The summed E-state index contributed by atoms with van der Waals surface area (Å²) in [4.78, 5) is 12.5. The van der Waals surface area contributed by atoms with Crippen LogP contribution < -0.4 is 5.32 Å². The average molecular weight is 544 g/mol. The summed E-state index contributed by atoms with van der Waals surface area (Å²) in [6.45, 7) is 3.94. The minimum atomic E-state index is -4.00. The van der Waals surface area contributed by atoms with Crippen molar-refractivity contribution in [3.63, 3.8) is 0 Å². The number of ether oxygens (including phenoxy) is 1. The lowest BCUT2D eigenvalue weighted by molar-refractivity contribution is -0.0778. The van der Waals surface area contributed by atoms with Crippen LogP contribution >= 0.6 is 11.6 Å². The van der Waals surface area contributed by atoms with Gasteiger partial charge in [0.05, 0.1) is 34.0 Å². The van der Waals surface area contributed by atoms with Crippen LogP contribution in [-0.2, 0) is 14.6 Å². The molecule has 0 saturated heterocycles. The van der Waals surface area contributed by atoms with E-state index in [1.165, 1.54) is 12.1 Å². The monoisotopic (exact) mass is 543 g/mol. The van der Waals surface area contributed by atoms with Gasteiger partial charge in [0.2, 0.25) is 0 Å². The molecule has 1 amide bonds. The predicted molar refractivity (Wildman–Crippen MR) is 128 cm³/mol. The first-order valence-electron chi connectivity index (χ1n) is 11.4. The Labute approximate surface area is 212 Å². The van der Waals surface area contributed by atoms with Crippen molar-refractivity contribution in [1.29, 1.82) is 0 Å². The number of amides is 1. The van der Waals surface area contributed by atoms with Gasteiger partial charge < -0.3 is 15.2 Å². The molecule has 0 radical (unpaired) electrons. The third-order valence-corrected chi connectivity index (χ3v) is 9.71. The first-order valence-corrected chi connectivity index (χ1v) is 13.3. The minimum Gasteiger partial charge on any atom is -0.387 e. The van der Waals surface area contributed by atoms with Gasteiger partial charge in [-0.1, -0.05) is 17.7 Å². The number of hydrogen-bond donors (Lipinski definition) is 2. The lowest BCUT2D eigenvalue weighted by Crippen LogP contribution is -2.48. The van der Waals surface area contributed by atoms with Crippen LogP contribution in [-0.4, -0.2) is 43.5 Å². The molecule has 4 rings (SSSR count). The number of carbonyl (C=O) groups excluding carboxylic acids is 1. The molecule has 0 spiro atoms. The van der Waals surface area contributed by atoms with E-state index in [1.807, 2.05) is 0 Å². The quantitative estimate of drug-likeness (QED) is 0.280. The maximum Gasteiger partial charge on any atom is 0.255 e. The van der Waals surface area contributed by atoms with E-state index < -0.39 is 44.0 Å². The van der Waals surface area contributed by atoms with Crippen molar-refractivity contribution in [2.75, 3.05) is 18.5 Å². The molecule has 2 aliphatic carbocycles. The first-order chi connectivity index (χ1) is 16.9. The van der Waals surface area contributed by atoms with Gasteiger partial charge in [-0.3, -0.25) is 4.79 Å². The molecule has 0 heterocycles. The standard InChI is InChI=1S/C25H25ClF3NO5S/c1-2-7-35-13-25(32)11-15-3-4-16(12-25)23(15)36(33,34)21-8-14(5-6-18(21)26)24(31)30-17-9-19(27)22(29)20(28)10-17/h2,5-6,8-10,15-16,23,32H,1,3-4,7,11-13H2,(H,30,31)/t15-,16?,23?,25+/m0/s1. The Morgan fingerprint density at radius 1 is 1.17 bits per heavy atom. The summed E-state index contributed by atoms with van der Waals surface area (Å²) in [6.07, 6.45) is 3.33. The third kappa shape index (κ3) is 5.18. The second-order valence-electron chi connectivity index (χ2n) is 9.40. The number of hydrogen-bond acceptors (Lipinski definition) is 5. The van der Waals surface area contributed by atoms with Crippen LogP contribution in [0, 0.1) is 29.3 Å². The van der Waals surface area contributed by atoms with Crippen LogP contribution in [0.25, 0.3) is 0 Å². The number of halogens is 4. The van der Waals surface area contributed by atoms with E-state index in [2.05, 4.69) is 11.9 Å². The molecular formula is C25H25ClF3NO5S. The molecule has 2 N–H and O–H groups in total. The van der Waals surface area contributed by atoms with Gasteiger partial charge in [-0.2, -0.15) is 0 Å². The number of rotatable bonds is 8. The molecule has 2 fully saturated rings. The smallest absolute Gasteiger partial charge is 0.255 e. The second-order valence-corrected chi connectivity index (χ2v) is 11.9. The molecule has 194 valence electrons. The Morgan fingerprint density at radius 2 is 1.78 bits per heavy atom. The normalized spacial score (nSPS) is 25.5. The van der Waals surface area contributed by atoms with Crippen molar-refractivity contribution in [1.82, 2.24) is 0 Å². The third-order valence-electron chi connectivity index (χ3n) is 6.83. The van der Waals surface area contributed by atoms with Gasteiger partial charge in [-0.15, -0.1) is 6.58 Å². The number of nitrogens with one attached hydrogen (secondary N) is 1. The van der Waals surface area contributed by atoms with E-state index in [0.29, 0.717) is 25.0 Å². The van der Waals surface area contributed by atoms with Crippen molar-refractivity contribution in [2.45, 2.75) is 41.4 Å². The van der Waals surface area contributed by atoms with Crippen molar-refractivity contribution < 1.29 is 36.2 Å². The highest BCUT2D eigenvalue weighted by Gasteiger charge is 2.54. The fourth-order valence-corrected chi connectivity index (χ4v) is 8.28.